The molecule has 2 heterocycles. The Bertz CT molecular complexity index is 679. The number of aromatic nitrogens is 1. The van der Waals surface area contributed by atoms with Crippen molar-refractivity contribution in [2.24, 2.45) is 4.99 Å². The summed E-state index contributed by atoms with van der Waals surface area (Å²) in [6, 6.07) is 12.7. The summed E-state index contributed by atoms with van der Waals surface area (Å²) in [5.41, 5.74) is 2.14. The van der Waals surface area contributed by atoms with Crippen molar-refractivity contribution >= 4 is 11.6 Å². The van der Waals surface area contributed by atoms with Crippen LogP contribution in [-0.2, 0) is 6.42 Å². The second-order valence-corrected chi connectivity index (χ2v) is 6.00. The Kier molecular flexibility index (Phi) is 5.82. The summed E-state index contributed by atoms with van der Waals surface area (Å²) in [5.74, 6) is 0.731. The first kappa shape index (κ1) is 17.2. The van der Waals surface area contributed by atoms with Gasteiger partial charge in [0.15, 0.2) is 5.96 Å². The lowest BCUT2D eigenvalue weighted by Crippen LogP contribution is -2.52. The monoisotopic (exact) mass is 341 g/mol. The first-order chi connectivity index (χ1) is 12.3. The topological polar surface area (TPSA) is 43.8 Å². The van der Waals surface area contributed by atoms with Crippen molar-refractivity contribution in [2.45, 2.75) is 6.42 Å². The fourth-order valence-corrected chi connectivity index (χ4v) is 3.01. The number of hydrogen-bond donors (Lipinski definition) is 1. The van der Waals surface area contributed by atoms with Crippen molar-refractivity contribution in [3.63, 3.8) is 0 Å². The van der Waals surface area contributed by atoms with Gasteiger partial charge in [-0.1, -0.05) is 6.07 Å². The number of anilines is 1. The molecule has 5 nitrogen and oxygen atoms in total. The van der Waals surface area contributed by atoms with E-state index in [9.17, 15) is 4.39 Å². The molecule has 0 bridgehead atoms. The van der Waals surface area contributed by atoms with Crippen molar-refractivity contribution in [3.8, 4) is 0 Å². The Morgan fingerprint density at radius 2 is 1.88 bits per heavy atom. The number of nitrogens with zero attached hydrogens (tertiary/aromatic N) is 4. The van der Waals surface area contributed by atoms with Crippen LogP contribution in [0.25, 0.3) is 0 Å². The van der Waals surface area contributed by atoms with Crippen LogP contribution < -0.4 is 10.2 Å². The summed E-state index contributed by atoms with van der Waals surface area (Å²) in [7, 11) is 1.81. The van der Waals surface area contributed by atoms with Crippen LogP contribution in [0.3, 0.4) is 0 Å². The Labute approximate surface area is 148 Å². The van der Waals surface area contributed by atoms with Crippen molar-refractivity contribution in [3.05, 3.63) is 60.2 Å². The molecule has 0 saturated carbocycles. The molecule has 1 aliphatic rings. The molecular formula is C19H24FN5. The van der Waals surface area contributed by atoms with E-state index < -0.39 is 0 Å². The van der Waals surface area contributed by atoms with E-state index in [1.807, 2.05) is 43.6 Å². The smallest absolute Gasteiger partial charge is 0.193 e. The van der Waals surface area contributed by atoms with Crippen LogP contribution in [0.2, 0.25) is 0 Å². The molecule has 1 saturated heterocycles. The van der Waals surface area contributed by atoms with E-state index in [4.69, 9.17) is 0 Å². The van der Waals surface area contributed by atoms with Crippen LogP contribution in [0.4, 0.5) is 10.1 Å². The minimum atomic E-state index is -0.195. The zero-order chi connectivity index (χ0) is 17.5. The number of rotatable bonds is 4. The van der Waals surface area contributed by atoms with Gasteiger partial charge >= 0.3 is 0 Å². The lowest BCUT2D eigenvalue weighted by Gasteiger charge is -2.37. The second kappa shape index (κ2) is 8.46. The molecule has 1 aromatic carbocycles. The summed E-state index contributed by atoms with van der Waals surface area (Å²) in [4.78, 5) is 13.3. The Morgan fingerprint density at radius 3 is 2.52 bits per heavy atom. The Balaban J connectivity index is 1.48. The number of aliphatic imine (C=N–C) groups is 1. The van der Waals surface area contributed by atoms with Crippen LogP contribution in [-0.4, -0.2) is 55.6 Å². The molecule has 0 atom stereocenters. The normalized spacial score (nSPS) is 15.4. The fourth-order valence-electron chi connectivity index (χ4n) is 3.01. The van der Waals surface area contributed by atoms with Crippen molar-refractivity contribution in [2.75, 3.05) is 44.7 Å². The van der Waals surface area contributed by atoms with E-state index in [2.05, 4.69) is 25.1 Å². The molecular weight excluding hydrogens is 317 g/mol. The van der Waals surface area contributed by atoms with Gasteiger partial charge in [-0.2, -0.15) is 0 Å². The maximum absolute atomic E-state index is 13.1. The Hall–Kier alpha value is -2.63. The average molecular weight is 341 g/mol. The van der Waals surface area contributed by atoms with Crippen LogP contribution in [0.15, 0.2) is 53.7 Å². The SMILES string of the molecule is CN=C(NCCc1ccccn1)N1CCN(c2ccc(F)cc2)CC1. The van der Waals surface area contributed by atoms with Gasteiger partial charge in [-0.25, -0.2) is 4.39 Å². The van der Waals surface area contributed by atoms with E-state index in [-0.39, 0.29) is 5.82 Å². The van der Waals surface area contributed by atoms with Crippen molar-refractivity contribution < 1.29 is 4.39 Å². The molecule has 0 unspecified atom stereocenters. The van der Waals surface area contributed by atoms with Crippen LogP contribution in [0.1, 0.15) is 5.69 Å². The van der Waals surface area contributed by atoms with Crippen LogP contribution in [0.5, 0.6) is 0 Å². The highest BCUT2D eigenvalue weighted by Crippen LogP contribution is 2.16. The first-order valence-electron chi connectivity index (χ1n) is 8.62. The minimum absolute atomic E-state index is 0.195. The summed E-state index contributed by atoms with van der Waals surface area (Å²) < 4.78 is 13.1. The van der Waals surface area contributed by atoms with Gasteiger partial charge < -0.3 is 15.1 Å². The summed E-state index contributed by atoms with van der Waals surface area (Å²) in [6.45, 7) is 4.38. The first-order valence-corrected chi connectivity index (χ1v) is 8.62. The lowest BCUT2D eigenvalue weighted by molar-refractivity contribution is 0.373. The molecule has 1 fully saturated rings. The lowest BCUT2D eigenvalue weighted by atomic mass is 10.2. The van der Waals surface area contributed by atoms with E-state index in [0.29, 0.717) is 0 Å². The molecule has 132 valence electrons. The number of benzene rings is 1. The molecule has 6 heteroatoms. The molecule has 25 heavy (non-hydrogen) atoms. The highest BCUT2D eigenvalue weighted by molar-refractivity contribution is 5.80. The van der Waals surface area contributed by atoms with Gasteiger partial charge in [0.1, 0.15) is 5.82 Å². The molecule has 0 radical (unpaired) electrons. The zero-order valence-electron chi connectivity index (χ0n) is 14.5. The number of halogens is 1. The van der Waals surface area contributed by atoms with E-state index in [1.165, 1.54) is 12.1 Å². The van der Waals surface area contributed by atoms with Gasteiger partial charge in [0.05, 0.1) is 0 Å². The molecule has 2 aromatic rings. The third kappa shape index (κ3) is 4.68. The number of pyridine rings is 1. The number of hydrogen-bond acceptors (Lipinski definition) is 3. The molecule has 1 aliphatic heterocycles. The van der Waals surface area contributed by atoms with Gasteiger partial charge in [-0.05, 0) is 36.4 Å². The predicted octanol–water partition coefficient (Wildman–Crippen LogP) is 2.16. The summed E-state index contributed by atoms with van der Waals surface area (Å²) in [5, 5.41) is 3.42. The largest absolute Gasteiger partial charge is 0.368 e. The minimum Gasteiger partial charge on any atom is -0.368 e. The zero-order valence-corrected chi connectivity index (χ0v) is 14.5. The van der Waals surface area contributed by atoms with Crippen LogP contribution >= 0.6 is 0 Å². The third-order valence-corrected chi connectivity index (χ3v) is 4.37. The maximum Gasteiger partial charge on any atom is 0.193 e. The third-order valence-electron chi connectivity index (χ3n) is 4.37. The molecule has 1 N–H and O–H groups in total. The van der Waals surface area contributed by atoms with Gasteiger partial charge in [-0.3, -0.25) is 9.98 Å². The highest BCUT2D eigenvalue weighted by atomic mass is 19.1. The number of nitrogens with one attached hydrogen (secondary N) is 1. The maximum atomic E-state index is 13.1. The molecule has 3 rings (SSSR count). The molecule has 1 aromatic heterocycles. The average Bonchev–Trinajstić information content (AvgIpc) is 2.67. The standard InChI is InChI=1S/C19H24FN5/c1-21-19(23-11-9-17-4-2-3-10-22-17)25-14-12-24(13-15-25)18-7-5-16(20)6-8-18/h2-8,10H,9,11-15H2,1H3,(H,21,23). The predicted molar refractivity (Wildman–Crippen MR) is 99.5 cm³/mol. The number of guanidine groups is 1. The summed E-state index contributed by atoms with van der Waals surface area (Å²) >= 11 is 0. The van der Waals surface area contributed by atoms with E-state index >= 15 is 0 Å². The van der Waals surface area contributed by atoms with Crippen LogP contribution in [0, 0.1) is 5.82 Å². The molecule has 0 spiro atoms. The van der Waals surface area contributed by atoms with Gasteiger partial charge in [-0.15, -0.1) is 0 Å². The van der Waals surface area contributed by atoms with E-state index in [1.54, 1.807) is 0 Å². The fraction of sp³-hybridized carbons (Fsp3) is 0.368. The van der Waals surface area contributed by atoms with Crippen molar-refractivity contribution in [1.29, 1.82) is 0 Å². The number of piperazine rings is 1. The molecule has 0 amide bonds. The van der Waals surface area contributed by atoms with Gasteiger partial charge in [0.2, 0.25) is 0 Å². The summed E-state index contributed by atoms with van der Waals surface area (Å²) in [6.07, 6.45) is 2.69. The van der Waals surface area contributed by atoms with Gasteiger partial charge in [0, 0.05) is 63.8 Å². The Morgan fingerprint density at radius 1 is 1.12 bits per heavy atom. The van der Waals surface area contributed by atoms with Gasteiger partial charge in [0.25, 0.3) is 0 Å². The highest BCUT2D eigenvalue weighted by Gasteiger charge is 2.19. The van der Waals surface area contributed by atoms with E-state index in [0.717, 1.165) is 56.5 Å². The quantitative estimate of drug-likeness (QED) is 0.684. The van der Waals surface area contributed by atoms with Crippen molar-refractivity contribution in [1.82, 2.24) is 15.2 Å². The molecule has 0 aliphatic carbocycles. The second-order valence-electron chi connectivity index (χ2n) is 6.00.